The number of hydrogen-bond acceptors (Lipinski definition) is 2. The Labute approximate surface area is 98.5 Å². The lowest BCUT2D eigenvalue weighted by atomic mass is 9.91. The number of aromatic nitrogens is 1. The molecule has 1 aromatic rings. The van der Waals surface area contributed by atoms with E-state index in [4.69, 9.17) is 0 Å². The van der Waals surface area contributed by atoms with Crippen LogP contribution in [-0.4, -0.2) is 17.9 Å². The van der Waals surface area contributed by atoms with Crippen LogP contribution in [0, 0.1) is 0 Å². The van der Waals surface area contributed by atoms with Gasteiger partial charge in [0.2, 0.25) is 6.41 Å². The lowest BCUT2D eigenvalue weighted by Crippen LogP contribution is -2.27. The lowest BCUT2D eigenvalue weighted by molar-refractivity contribution is -0.107. The van der Waals surface area contributed by atoms with Gasteiger partial charge in [-0.25, -0.2) is 8.78 Å². The topological polar surface area (TPSA) is 33.2 Å². The summed E-state index contributed by atoms with van der Waals surface area (Å²) in [6.45, 7) is 5.16. The van der Waals surface area contributed by atoms with Gasteiger partial charge in [-0.2, -0.15) is 0 Å². The molecule has 0 unspecified atom stereocenters. The van der Waals surface area contributed by atoms with Gasteiger partial charge in [0.25, 0.3) is 5.92 Å². The fraction of sp³-hybridized carbons (Fsp3) is 0.500. The van der Waals surface area contributed by atoms with Crippen LogP contribution in [0.15, 0.2) is 12.3 Å². The third kappa shape index (κ3) is 1.90. The standard InChI is InChI=1S/C12H14F2N2O/c1-11(2)6-16(7-17)9-4-8(12(3,13)14)5-15-10(9)11/h4-5,7H,6H2,1-3H3. The van der Waals surface area contributed by atoms with Crippen LogP contribution < -0.4 is 4.90 Å². The molecule has 2 rings (SSSR count). The van der Waals surface area contributed by atoms with Crippen LogP contribution in [-0.2, 0) is 16.1 Å². The minimum atomic E-state index is -2.94. The number of anilines is 1. The van der Waals surface area contributed by atoms with E-state index in [9.17, 15) is 13.6 Å². The molecule has 0 N–H and O–H groups in total. The summed E-state index contributed by atoms with van der Waals surface area (Å²) in [5.74, 6) is -2.94. The van der Waals surface area contributed by atoms with E-state index in [0.29, 0.717) is 24.3 Å². The van der Waals surface area contributed by atoms with Gasteiger partial charge in [0.05, 0.1) is 11.4 Å². The van der Waals surface area contributed by atoms with E-state index in [1.165, 1.54) is 17.2 Å². The van der Waals surface area contributed by atoms with Gasteiger partial charge in [0.15, 0.2) is 0 Å². The minimum absolute atomic E-state index is 0.166. The number of alkyl halides is 2. The molecule has 0 aromatic carbocycles. The van der Waals surface area contributed by atoms with Crippen LogP contribution in [0.25, 0.3) is 0 Å². The molecule has 1 aromatic heterocycles. The fourth-order valence-electron chi connectivity index (χ4n) is 2.11. The Morgan fingerprint density at radius 1 is 1.53 bits per heavy atom. The molecule has 0 atom stereocenters. The van der Waals surface area contributed by atoms with Gasteiger partial charge in [0.1, 0.15) is 0 Å². The summed E-state index contributed by atoms with van der Waals surface area (Å²) < 4.78 is 26.4. The molecule has 3 nitrogen and oxygen atoms in total. The first-order valence-corrected chi connectivity index (χ1v) is 5.36. The van der Waals surface area contributed by atoms with E-state index < -0.39 is 5.92 Å². The van der Waals surface area contributed by atoms with Crippen LogP contribution in [0.5, 0.6) is 0 Å². The number of hydrogen-bond donors (Lipinski definition) is 0. The van der Waals surface area contributed by atoms with E-state index in [1.807, 2.05) is 13.8 Å². The van der Waals surface area contributed by atoms with Crippen molar-refractivity contribution in [2.24, 2.45) is 0 Å². The molecule has 1 aliphatic rings. The Morgan fingerprint density at radius 2 is 2.18 bits per heavy atom. The molecule has 0 spiro atoms. The molecule has 17 heavy (non-hydrogen) atoms. The van der Waals surface area contributed by atoms with E-state index in [-0.39, 0.29) is 11.0 Å². The first-order chi connectivity index (χ1) is 7.75. The predicted octanol–water partition coefficient (Wildman–Crippen LogP) is 2.45. The zero-order valence-corrected chi connectivity index (χ0v) is 10.00. The highest BCUT2D eigenvalue weighted by molar-refractivity contribution is 5.80. The third-order valence-corrected chi connectivity index (χ3v) is 3.02. The fourth-order valence-corrected chi connectivity index (χ4v) is 2.11. The molecule has 2 heterocycles. The maximum absolute atomic E-state index is 13.2. The van der Waals surface area contributed by atoms with Crippen molar-refractivity contribution in [3.05, 3.63) is 23.5 Å². The van der Waals surface area contributed by atoms with E-state index in [1.54, 1.807) is 0 Å². The van der Waals surface area contributed by atoms with Crippen LogP contribution in [0.3, 0.4) is 0 Å². The number of fused-ring (bicyclic) bond motifs is 1. The van der Waals surface area contributed by atoms with Crippen molar-refractivity contribution in [3.8, 4) is 0 Å². The molecule has 0 saturated carbocycles. The summed E-state index contributed by atoms with van der Waals surface area (Å²) in [7, 11) is 0. The molecular weight excluding hydrogens is 226 g/mol. The maximum atomic E-state index is 13.2. The number of halogens is 2. The van der Waals surface area contributed by atoms with Crippen molar-refractivity contribution in [2.45, 2.75) is 32.1 Å². The summed E-state index contributed by atoms with van der Waals surface area (Å²) in [6.07, 6.45) is 1.85. The van der Waals surface area contributed by atoms with E-state index in [0.717, 1.165) is 6.92 Å². The second-order valence-electron chi connectivity index (χ2n) is 5.10. The molecule has 5 heteroatoms. The second kappa shape index (κ2) is 3.48. The number of rotatable bonds is 2. The average molecular weight is 240 g/mol. The maximum Gasteiger partial charge on any atom is 0.272 e. The summed E-state index contributed by atoms with van der Waals surface area (Å²) in [5.41, 5.74) is 0.722. The Morgan fingerprint density at radius 3 is 2.71 bits per heavy atom. The van der Waals surface area contributed by atoms with Gasteiger partial charge in [-0.15, -0.1) is 0 Å². The molecule has 0 aliphatic carbocycles. The minimum Gasteiger partial charge on any atom is -0.312 e. The van der Waals surface area contributed by atoms with Gasteiger partial charge >= 0.3 is 0 Å². The average Bonchev–Trinajstić information content (AvgIpc) is 2.49. The van der Waals surface area contributed by atoms with E-state index in [2.05, 4.69) is 4.98 Å². The van der Waals surface area contributed by atoms with Crippen molar-refractivity contribution < 1.29 is 13.6 Å². The first kappa shape index (κ1) is 12.0. The van der Waals surface area contributed by atoms with Crippen molar-refractivity contribution in [1.82, 2.24) is 4.98 Å². The summed E-state index contributed by atoms with van der Waals surface area (Å²) in [4.78, 5) is 16.5. The zero-order chi connectivity index (χ0) is 12.8. The lowest BCUT2D eigenvalue weighted by Gasteiger charge is -2.16. The number of pyridine rings is 1. The van der Waals surface area contributed by atoms with Gasteiger partial charge in [-0.05, 0) is 6.07 Å². The first-order valence-electron chi connectivity index (χ1n) is 5.36. The SMILES string of the molecule is CC(F)(F)c1cnc2c(c1)N(C=O)CC2(C)C. The van der Waals surface area contributed by atoms with Crippen LogP contribution in [0.4, 0.5) is 14.5 Å². The molecule has 0 fully saturated rings. The highest BCUT2D eigenvalue weighted by Crippen LogP contribution is 2.40. The number of carbonyl (C=O) groups excluding carboxylic acids is 1. The predicted molar refractivity (Wildman–Crippen MR) is 60.2 cm³/mol. The summed E-state index contributed by atoms with van der Waals surface area (Å²) in [6, 6.07) is 1.35. The van der Waals surface area contributed by atoms with Crippen LogP contribution in [0.2, 0.25) is 0 Å². The largest absolute Gasteiger partial charge is 0.312 e. The Balaban J connectivity index is 2.56. The van der Waals surface area contributed by atoms with Crippen molar-refractivity contribution in [3.63, 3.8) is 0 Å². The smallest absolute Gasteiger partial charge is 0.272 e. The second-order valence-corrected chi connectivity index (χ2v) is 5.10. The van der Waals surface area contributed by atoms with Crippen molar-refractivity contribution in [2.75, 3.05) is 11.4 Å². The monoisotopic (exact) mass is 240 g/mol. The molecule has 0 bridgehead atoms. The molecule has 0 saturated heterocycles. The Bertz CT molecular complexity index is 466. The molecule has 0 radical (unpaired) electrons. The Hall–Kier alpha value is -1.52. The molecule has 92 valence electrons. The van der Waals surface area contributed by atoms with E-state index >= 15 is 0 Å². The summed E-state index contributed by atoms with van der Waals surface area (Å²) >= 11 is 0. The zero-order valence-electron chi connectivity index (χ0n) is 10.00. The number of nitrogens with zero attached hydrogens (tertiary/aromatic N) is 2. The van der Waals surface area contributed by atoms with Crippen LogP contribution >= 0.6 is 0 Å². The highest BCUT2D eigenvalue weighted by Gasteiger charge is 2.38. The third-order valence-electron chi connectivity index (χ3n) is 3.02. The Kier molecular flexibility index (Phi) is 2.45. The number of amides is 1. The molecule has 1 aliphatic heterocycles. The van der Waals surface area contributed by atoms with Crippen molar-refractivity contribution in [1.29, 1.82) is 0 Å². The molecule has 1 amide bonds. The summed E-state index contributed by atoms with van der Waals surface area (Å²) in [5, 5.41) is 0. The number of carbonyl (C=O) groups is 1. The molecular formula is C12H14F2N2O. The highest BCUT2D eigenvalue weighted by atomic mass is 19.3. The van der Waals surface area contributed by atoms with Gasteiger partial charge in [-0.1, -0.05) is 13.8 Å². The quantitative estimate of drug-likeness (QED) is 0.744. The van der Waals surface area contributed by atoms with Crippen LogP contribution in [0.1, 0.15) is 32.0 Å². The normalized spacial score (nSPS) is 18.1. The van der Waals surface area contributed by atoms with Gasteiger partial charge < -0.3 is 4.90 Å². The van der Waals surface area contributed by atoms with Gasteiger partial charge in [-0.3, -0.25) is 9.78 Å². The van der Waals surface area contributed by atoms with Gasteiger partial charge in [0, 0.05) is 30.6 Å². The van der Waals surface area contributed by atoms with Crippen molar-refractivity contribution >= 4 is 12.1 Å².